The Balaban J connectivity index is 2.47. The zero-order chi connectivity index (χ0) is 13.1. The standard InChI is InChI=1S/C15H14O3/c1-10-7-12(17)3-5-14(10)15-6-4-13(18-9-16)8-11(15)2/h3-9,17H,1-2H3. The molecule has 0 aliphatic carbocycles. The number of phenolic OH excluding ortho intramolecular Hbond substituents is 1. The van der Waals surface area contributed by atoms with E-state index in [9.17, 15) is 9.90 Å². The molecule has 3 heteroatoms. The van der Waals surface area contributed by atoms with E-state index in [0.717, 1.165) is 22.3 Å². The van der Waals surface area contributed by atoms with Crippen molar-refractivity contribution in [2.45, 2.75) is 13.8 Å². The fraction of sp³-hybridized carbons (Fsp3) is 0.133. The van der Waals surface area contributed by atoms with Gasteiger partial charge in [0, 0.05) is 0 Å². The molecule has 0 aliphatic heterocycles. The molecule has 1 N–H and O–H groups in total. The van der Waals surface area contributed by atoms with Gasteiger partial charge in [0.1, 0.15) is 11.5 Å². The molecule has 0 fully saturated rings. The van der Waals surface area contributed by atoms with E-state index in [1.165, 1.54) is 0 Å². The van der Waals surface area contributed by atoms with Gasteiger partial charge >= 0.3 is 0 Å². The van der Waals surface area contributed by atoms with Crippen molar-refractivity contribution < 1.29 is 14.6 Å². The van der Waals surface area contributed by atoms with Gasteiger partial charge in [0.15, 0.2) is 0 Å². The molecule has 0 aromatic heterocycles. The van der Waals surface area contributed by atoms with E-state index in [-0.39, 0.29) is 5.75 Å². The molecule has 18 heavy (non-hydrogen) atoms. The monoisotopic (exact) mass is 242 g/mol. The maximum absolute atomic E-state index is 10.3. The lowest BCUT2D eigenvalue weighted by Gasteiger charge is -2.10. The second-order valence-electron chi connectivity index (χ2n) is 4.19. The quantitative estimate of drug-likeness (QED) is 0.841. The van der Waals surface area contributed by atoms with E-state index in [4.69, 9.17) is 4.74 Å². The summed E-state index contributed by atoms with van der Waals surface area (Å²) in [7, 11) is 0. The molecule has 92 valence electrons. The minimum absolute atomic E-state index is 0.259. The van der Waals surface area contributed by atoms with Crippen LogP contribution >= 0.6 is 0 Å². The maximum Gasteiger partial charge on any atom is 0.298 e. The number of carbonyl (C=O) groups excluding carboxylic acids is 1. The van der Waals surface area contributed by atoms with E-state index < -0.39 is 0 Å². The number of carbonyl (C=O) groups is 1. The predicted octanol–water partition coefficient (Wildman–Crippen LogP) is 3.21. The van der Waals surface area contributed by atoms with Crippen molar-refractivity contribution in [2.24, 2.45) is 0 Å². The third kappa shape index (κ3) is 2.35. The molecular formula is C15H14O3. The van der Waals surface area contributed by atoms with Crippen LogP contribution in [0.15, 0.2) is 36.4 Å². The summed E-state index contributed by atoms with van der Waals surface area (Å²) < 4.78 is 4.81. The number of phenols is 1. The van der Waals surface area contributed by atoms with Crippen molar-refractivity contribution in [3.05, 3.63) is 47.5 Å². The van der Waals surface area contributed by atoms with Crippen molar-refractivity contribution in [1.29, 1.82) is 0 Å². The minimum Gasteiger partial charge on any atom is -0.508 e. The van der Waals surface area contributed by atoms with Crippen LogP contribution in [-0.2, 0) is 4.79 Å². The summed E-state index contributed by atoms with van der Waals surface area (Å²) in [5, 5.41) is 9.41. The van der Waals surface area contributed by atoms with Gasteiger partial charge < -0.3 is 9.84 Å². The van der Waals surface area contributed by atoms with Crippen molar-refractivity contribution in [1.82, 2.24) is 0 Å². The Morgan fingerprint density at radius 3 is 2.17 bits per heavy atom. The predicted molar refractivity (Wildman–Crippen MR) is 69.7 cm³/mol. The number of aryl methyl sites for hydroxylation is 2. The third-order valence-electron chi connectivity index (χ3n) is 2.88. The molecule has 0 saturated carbocycles. The number of hydrogen-bond donors (Lipinski definition) is 1. The number of benzene rings is 2. The SMILES string of the molecule is Cc1cc(O)ccc1-c1ccc(OC=O)cc1C. The van der Waals surface area contributed by atoms with Gasteiger partial charge in [0.05, 0.1) is 0 Å². The number of aromatic hydroxyl groups is 1. The van der Waals surface area contributed by atoms with Gasteiger partial charge in [-0.25, -0.2) is 0 Å². The van der Waals surface area contributed by atoms with E-state index in [2.05, 4.69) is 0 Å². The maximum atomic E-state index is 10.3. The average Bonchev–Trinajstić information content (AvgIpc) is 2.31. The molecule has 0 saturated heterocycles. The van der Waals surface area contributed by atoms with Crippen LogP contribution in [0.5, 0.6) is 11.5 Å². The van der Waals surface area contributed by atoms with E-state index in [1.54, 1.807) is 18.2 Å². The zero-order valence-corrected chi connectivity index (χ0v) is 10.3. The Kier molecular flexibility index (Phi) is 3.33. The van der Waals surface area contributed by atoms with Crippen LogP contribution in [-0.4, -0.2) is 11.6 Å². The summed E-state index contributed by atoms with van der Waals surface area (Å²) in [6, 6.07) is 10.8. The fourth-order valence-corrected chi connectivity index (χ4v) is 2.02. The molecule has 0 spiro atoms. The average molecular weight is 242 g/mol. The summed E-state index contributed by atoms with van der Waals surface area (Å²) in [6.07, 6.45) is 0. The first-order valence-electron chi connectivity index (χ1n) is 5.63. The van der Waals surface area contributed by atoms with Gasteiger partial charge in [-0.3, -0.25) is 4.79 Å². The summed E-state index contributed by atoms with van der Waals surface area (Å²) >= 11 is 0. The first-order chi connectivity index (χ1) is 8.61. The molecule has 0 radical (unpaired) electrons. The number of hydrogen-bond acceptors (Lipinski definition) is 3. The number of ether oxygens (including phenoxy) is 1. The van der Waals surface area contributed by atoms with E-state index >= 15 is 0 Å². The van der Waals surface area contributed by atoms with Gasteiger partial charge in [0.2, 0.25) is 0 Å². The molecule has 2 aromatic carbocycles. The molecule has 0 bridgehead atoms. The molecule has 0 unspecified atom stereocenters. The van der Waals surface area contributed by atoms with Crippen LogP contribution in [0, 0.1) is 13.8 Å². The van der Waals surface area contributed by atoms with Crippen LogP contribution in [0.25, 0.3) is 11.1 Å². The molecule has 0 heterocycles. The second kappa shape index (κ2) is 4.92. The van der Waals surface area contributed by atoms with Gasteiger partial charge in [-0.1, -0.05) is 12.1 Å². The third-order valence-corrected chi connectivity index (χ3v) is 2.88. The summed E-state index contributed by atoms with van der Waals surface area (Å²) in [5.74, 6) is 0.789. The molecule has 0 amide bonds. The molecule has 0 atom stereocenters. The summed E-state index contributed by atoms with van der Waals surface area (Å²) in [6.45, 7) is 4.32. The van der Waals surface area contributed by atoms with E-state index in [0.29, 0.717) is 12.2 Å². The summed E-state index contributed by atoms with van der Waals surface area (Å²) in [5.41, 5.74) is 4.14. The Bertz CT molecular complexity index is 588. The van der Waals surface area contributed by atoms with Crippen LogP contribution in [0.1, 0.15) is 11.1 Å². The highest BCUT2D eigenvalue weighted by atomic mass is 16.5. The van der Waals surface area contributed by atoms with Crippen LogP contribution in [0.3, 0.4) is 0 Å². The highest BCUT2D eigenvalue weighted by Crippen LogP contribution is 2.30. The lowest BCUT2D eigenvalue weighted by atomic mass is 9.96. The highest BCUT2D eigenvalue weighted by molar-refractivity contribution is 5.72. The Labute approximate surface area is 106 Å². The number of rotatable bonds is 3. The molecule has 3 nitrogen and oxygen atoms in total. The topological polar surface area (TPSA) is 46.5 Å². The Hall–Kier alpha value is -2.29. The minimum atomic E-state index is 0.259. The van der Waals surface area contributed by atoms with Crippen LogP contribution < -0.4 is 4.74 Å². The van der Waals surface area contributed by atoms with Crippen molar-refractivity contribution in [3.63, 3.8) is 0 Å². The zero-order valence-electron chi connectivity index (χ0n) is 10.3. The Morgan fingerprint density at radius 2 is 1.61 bits per heavy atom. The highest BCUT2D eigenvalue weighted by Gasteiger charge is 2.07. The van der Waals surface area contributed by atoms with Crippen molar-refractivity contribution in [3.8, 4) is 22.6 Å². The van der Waals surface area contributed by atoms with Gasteiger partial charge in [-0.15, -0.1) is 0 Å². The van der Waals surface area contributed by atoms with Gasteiger partial charge in [-0.05, 0) is 60.4 Å². The normalized spacial score (nSPS) is 10.1. The van der Waals surface area contributed by atoms with Gasteiger partial charge in [-0.2, -0.15) is 0 Å². The van der Waals surface area contributed by atoms with Gasteiger partial charge in [0.25, 0.3) is 6.47 Å². The van der Waals surface area contributed by atoms with Crippen molar-refractivity contribution in [2.75, 3.05) is 0 Å². The fourth-order valence-electron chi connectivity index (χ4n) is 2.02. The lowest BCUT2D eigenvalue weighted by molar-refractivity contribution is -0.120. The smallest absolute Gasteiger partial charge is 0.298 e. The van der Waals surface area contributed by atoms with Crippen LogP contribution in [0.2, 0.25) is 0 Å². The first-order valence-corrected chi connectivity index (χ1v) is 5.63. The molecule has 0 aliphatic rings. The molecule has 2 rings (SSSR count). The largest absolute Gasteiger partial charge is 0.508 e. The first kappa shape index (κ1) is 12.2. The van der Waals surface area contributed by atoms with Crippen LogP contribution in [0.4, 0.5) is 0 Å². The summed E-state index contributed by atoms with van der Waals surface area (Å²) in [4.78, 5) is 10.3. The Morgan fingerprint density at radius 1 is 1.00 bits per heavy atom. The second-order valence-corrected chi connectivity index (χ2v) is 4.19. The van der Waals surface area contributed by atoms with Crippen molar-refractivity contribution >= 4 is 6.47 Å². The van der Waals surface area contributed by atoms with E-state index in [1.807, 2.05) is 32.0 Å². The lowest BCUT2D eigenvalue weighted by Crippen LogP contribution is -1.91. The molecule has 2 aromatic rings. The molecular weight excluding hydrogens is 228 g/mol.